The monoisotopic (exact) mass is 2000 g/mol. The van der Waals surface area contributed by atoms with Crippen molar-refractivity contribution in [1.29, 1.82) is 0 Å². The van der Waals surface area contributed by atoms with E-state index < -0.39 is 52.4 Å². The zero-order valence-electron chi connectivity index (χ0n) is 85.3. The van der Waals surface area contributed by atoms with Crippen molar-refractivity contribution >= 4 is 75.6 Å². The number of methoxy groups -OCH3 is 1. The zero-order valence-corrected chi connectivity index (χ0v) is 85.3. The van der Waals surface area contributed by atoms with Crippen LogP contribution in [0.25, 0.3) is 33.5 Å². The normalized spacial score (nSPS) is 14.4. The number of H-pyrrole nitrogens is 1. The number of nitrogens with one attached hydrogen (secondary N) is 4. The molecule has 6 aromatic rings. The lowest BCUT2D eigenvalue weighted by Crippen LogP contribution is -2.50. The summed E-state index contributed by atoms with van der Waals surface area (Å²) in [5.41, 5.74) is 3.02. The topological polar surface area (TPSA) is 390 Å². The Kier molecular flexibility index (Phi) is 53.7. The first-order valence-electron chi connectivity index (χ1n) is 51.8. The van der Waals surface area contributed by atoms with Gasteiger partial charge >= 0.3 is 18.0 Å². The fourth-order valence-electron chi connectivity index (χ4n) is 17.8. The van der Waals surface area contributed by atoms with E-state index in [-0.39, 0.29) is 104 Å². The molecule has 4 aromatic carbocycles. The first-order chi connectivity index (χ1) is 69.4. The van der Waals surface area contributed by atoms with E-state index in [1.165, 1.54) is 74.2 Å². The van der Waals surface area contributed by atoms with Crippen LogP contribution in [0.2, 0.25) is 0 Å². The number of rotatable bonds is 77. The Balaban J connectivity index is 0.519. The maximum Gasteiger partial charge on any atom is 0.328 e. The van der Waals surface area contributed by atoms with Crippen LogP contribution in [-0.2, 0) is 102 Å². The Labute approximate surface area is 842 Å². The molecule has 9 rings (SSSR count). The number of benzene rings is 4. The van der Waals surface area contributed by atoms with E-state index in [0.717, 1.165) is 139 Å². The highest BCUT2D eigenvalue weighted by Crippen LogP contribution is 2.43. The Morgan fingerprint density at radius 3 is 1.57 bits per heavy atom. The number of Topliss-reactive ketones (excluding diaryl/α,β-unsaturated/α-hetero) is 2. The number of nitrogens with zero attached hydrogens (tertiary/aromatic N) is 5. The smallest absolute Gasteiger partial charge is 0.328 e. The number of ether oxygens (including phenoxy) is 14. The molecule has 0 radical (unpaired) electrons. The molecule has 1 unspecified atom stereocenters. The Hall–Kier alpha value is -9.73. The summed E-state index contributed by atoms with van der Waals surface area (Å²) in [4.78, 5) is 134. The number of hydrogen-bond acceptors (Lipinski definition) is 26. The average Bonchev–Trinajstić information content (AvgIpc) is 1.66. The number of unbranched alkanes of at least 4 members (excludes halogenated alkanes) is 15. The standard InChI is InChI=1S/C108H157F2N9O24/c1-7-8-9-10-11-13-16-19-22-38-108(104(127)128,39-23-20-17-14-12-15-18-21-24-81(2)120)103(126)111-44-52-132-54-56-134-58-60-136-62-64-138-66-68-140-70-72-142-74-73-141-71-69-139-67-65-137-63-61-135-59-57-133-55-53-131-51-37-88(121)31-34-98(123)143-106(4,5)86-30-32-89(92(110)76-86)101(124)115-93-78-87(109)77-90(82(93)3)99-91-79-94(114-100(91)113-80-112-99)84-27-25-83(26-28-84)35-45-117-47-40-107(41-48-117)42-49-118(50-43-107)102(125)85-29-33-96(130-6)95(75-85)119-46-36-97(122)116-105(119)129/h25-30,32-33,75-80H,7-24,31,34-74H2,1-6H3,(H,111,126)(H,115,124)(H,127,128)(H,112,113,114)(H,116,122,129). The van der Waals surface area contributed by atoms with E-state index in [1.807, 2.05) is 11.0 Å². The van der Waals surface area contributed by atoms with E-state index in [2.05, 4.69) is 67.0 Å². The zero-order chi connectivity index (χ0) is 102. The number of carbonyl (C=O) groups excluding carboxylic acids is 8. The number of urea groups is 1. The molecule has 792 valence electrons. The molecule has 0 saturated carbocycles. The average molecular weight is 2000 g/mol. The first kappa shape index (κ1) is 117. The second-order valence-electron chi connectivity index (χ2n) is 37.5. The van der Waals surface area contributed by atoms with Gasteiger partial charge in [0.05, 0.1) is 189 Å². The summed E-state index contributed by atoms with van der Waals surface area (Å²) in [7, 11) is 1.51. The molecule has 1 spiro atoms. The lowest BCUT2D eigenvalue weighted by molar-refractivity contribution is -0.159. The summed E-state index contributed by atoms with van der Waals surface area (Å²) >= 11 is 0. The summed E-state index contributed by atoms with van der Waals surface area (Å²) in [6.45, 7) is 22.2. The van der Waals surface area contributed by atoms with Crippen LogP contribution in [0.3, 0.4) is 0 Å². The number of esters is 1. The number of carbonyl (C=O) groups is 9. The number of likely N-dealkylation sites (tertiary alicyclic amines) is 2. The fourth-order valence-corrected chi connectivity index (χ4v) is 17.8. The van der Waals surface area contributed by atoms with Crippen LogP contribution in [0.4, 0.5) is 25.0 Å². The molecule has 5 N–H and O–H groups in total. The molecule has 2 aromatic heterocycles. The molecule has 3 fully saturated rings. The van der Waals surface area contributed by atoms with Crippen molar-refractivity contribution in [2.24, 2.45) is 10.8 Å². The van der Waals surface area contributed by atoms with Gasteiger partial charge < -0.3 is 102 Å². The molecule has 3 aliphatic heterocycles. The van der Waals surface area contributed by atoms with E-state index >= 15 is 8.78 Å². The molecule has 3 aliphatic rings. The van der Waals surface area contributed by atoms with E-state index in [1.54, 1.807) is 45.9 Å². The third kappa shape index (κ3) is 41.6. The molecule has 3 saturated heterocycles. The molecule has 5 heterocycles. The van der Waals surface area contributed by atoms with Crippen LogP contribution >= 0.6 is 0 Å². The molecule has 143 heavy (non-hydrogen) atoms. The fraction of sp³-hybridized carbons (Fsp3) is 0.639. The number of anilines is 2. The van der Waals surface area contributed by atoms with Gasteiger partial charge in [0, 0.05) is 86.3 Å². The highest BCUT2D eigenvalue weighted by atomic mass is 19.1. The second kappa shape index (κ2) is 65.7. The van der Waals surface area contributed by atoms with Gasteiger partial charge in [-0.05, 0) is 168 Å². The number of carboxylic acids is 1. The Morgan fingerprint density at radius 1 is 0.545 bits per heavy atom. The van der Waals surface area contributed by atoms with Crippen molar-refractivity contribution in [3.63, 3.8) is 0 Å². The number of hydrogen-bond donors (Lipinski definition) is 5. The van der Waals surface area contributed by atoms with Crippen molar-refractivity contribution in [3.8, 4) is 28.3 Å². The number of aromatic nitrogens is 3. The van der Waals surface area contributed by atoms with Gasteiger partial charge in [0.2, 0.25) is 11.8 Å². The minimum atomic E-state index is -1.45. The molecular formula is C108H157F2N9O24. The number of fused-ring (bicyclic) bond motifs is 1. The third-order valence-corrected chi connectivity index (χ3v) is 26.6. The second-order valence-corrected chi connectivity index (χ2v) is 37.5. The minimum Gasteiger partial charge on any atom is -0.495 e. The molecule has 0 bridgehead atoms. The lowest BCUT2D eigenvalue weighted by Gasteiger charge is -2.47. The number of piperidine rings is 2. The molecule has 6 amide bonds. The van der Waals surface area contributed by atoms with Crippen LogP contribution in [-0.4, -0.2) is 295 Å². The SMILES string of the molecule is CCCCCCCCCCCC(CCCCCCCCCCC(C)=O)(C(=O)O)C(=O)NCCOCCOCCOCCOCCOCCOCCOCCOCCOCCOCCOCCOCCC(=O)CCC(=O)OC(C)(C)c1ccc(C(=O)Nc2cc(F)cc(-c3ncnc4[nH]c(-c5ccc(CCN6CCC7(CC6)CCN(C(=O)c6ccc(OC)c(N8CCC(=O)NC8=O)c6)CC7)cc5)cc34)c2C)c(F)c1. The van der Waals surface area contributed by atoms with E-state index in [4.69, 9.17) is 66.3 Å². The molecule has 0 aliphatic carbocycles. The van der Waals surface area contributed by atoms with E-state index in [0.29, 0.717) is 229 Å². The molecule has 33 nitrogen and oxygen atoms in total. The van der Waals surface area contributed by atoms with Crippen molar-refractivity contribution < 1.29 is 123 Å². The van der Waals surface area contributed by atoms with Gasteiger partial charge in [-0.25, -0.2) is 23.5 Å². The summed E-state index contributed by atoms with van der Waals surface area (Å²) in [6.07, 6.45) is 25.3. The van der Waals surface area contributed by atoms with Gasteiger partial charge in [0.1, 0.15) is 51.9 Å². The van der Waals surface area contributed by atoms with Crippen LogP contribution < -0.4 is 25.6 Å². The van der Waals surface area contributed by atoms with Gasteiger partial charge in [0.15, 0.2) is 0 Å². The maximum absolute atomic E-state index is 16.0. The van der Waals surface area contributed by atoms with Crippen LogP contribution in [0.5, 0.6) is 5.75 Å². The predicted molar refractivity (Wildman–Crippen MR) is 539 cm³/mol. The number of imide groups is 1. The number of aromatic amines is 1. The van der Waals surface area contributed by atoms with Gasteiger partial charge in [-0.2, -0.15) is 0 Å². The number of ketones is 2. The van der Waals surface area contributed by atoms with Gasteiger partial charge in [-0.3, -0.25) is 43.8 Å². The first-order valence-corrected chi connectivity index (χ1v) is 51.8. The minimum absolute atomic E-state index is 0.0779. The summed E-state index contributed by atoms with van der Waals surface area (Å²) in [5, 5.41) is 19.0. The summed E-state index contributed by atoms with van der Waals surface area (Å²) in [6, 6.07) is 21.1. The maximum atomic E-state index is 16.0. The van der Waals surface area contributed by atoms with E-state index in [9.17, 15) is 48.3 Å². The summed E-state index contributed by atoms with van der Waals surface area (Å²) < 4.78 is 110. The Morgan fingerprint density at radius 2 is 1.06 bits per heavy atom. The van der Waals surface area contributed by atoms with Crippen LogP contribution in [0.1, 0.15) is 245 Å². The van der Waals surface area contributed by atoms with Gasteiger partial charge in [-0.1, -0.05) is 140 Å². The number of halogens is 2. The van der Waals surface area contributed by atoms with Gasteiger partial charge in [0.25, 0.3) is 11.8 Å². The number of amides is 6. The summed E-state index contributed by atoms with van der Waals surface area (Å²) in [5.74, 6) is -4.50. The largest absolute Gasteiger partial charge is 0.495 e. The van der Waals surface area contributed by atoms with Crippen LogP contribution in [0, 0.1) is 29.4 Å². The predicted octanol–water partition coefficient (Wildman–Crippen LogP) is 16.5. The molecular weight excluding hydrogens is 1850 g/mol. The lowest BCUT2D eigenvalue weighted by atomic mass is 9.71. The van der Waals surface area contributed by atoms with Crippen molar-refractivity contribution in [2.45, 2.75) is 226 Å². The molecule has 35 heteroatoms. The molecule has 1 atom stereocenters. The highest BCUT2D eigenvalue weighted by Gasteiger charge is 2.45. The Bertz CT molecular complexity index is 4830. The van der Waals surface area contributed by atoms with Crippen molar-refractivity contribution in [2.75, 3.05) is 222 Å². The van der Waals surface area contributed by atoms with Crippen molar-refractivity contribution in [3.05, 3.63) is 125 Å². The van der Waals surface area contributed by atoms with Crippen molar-refractivity contribution in [1.82, 2.24) is 35.4 Å². The third-order valence-electron chi connectivity index (χ3n) is 26.6. The van der Waals surface area contributed by atoms with Crippen LogP contribution in [0.15, 0.2) is 85.2 Å². The number of aliphatic carboxylic acids is 1. The number of carboxylic acid groups (broad SMARTS) is 1. The van der Waals surface area contributed by atoms with Gasteiger partial charge in [-0.15, -0.1) is 0 Å². The quantitative estimate of drug-likeness (QED) is 0.0134. The highest BCUT2D eigenvalue weighted by molar-refractivity contribution is 6.08.